The maximum absolute atomic E-state index is 11.8. The van der Waals surface area contributed by atoms with Crippen LogP contribution in [0.4, 0.5) is 0 Å². The summed E-state index contributed by atoms with van der Waals surface area (Å²) in [6.07, 6.45) is 2.80. The lowest BCUT2D eigenvalue weighted by Gasteiger charge is -2.08. The zero-order valence-electron chi connectivity index (χ0n) is 11.5. The predicted molar refractivity (Wildman–Crippen MR) is 74.6 cm³/mol. The molecule has 0 amide bonds. The quantitative estimate of drug-likeness (QED) is 0.425. The molecule has 0 fully saturated rings. The second kappa shape index (κ2) is 7.00. The summed E-state index contributed by atoms with van der Waals surface area (Å²) >= 11 is 0. The third-order valence-electron chi connectivity index (χ3n) is 2.78. The van der Waals surface area contributed by atoms with Crippen LogP contribution in [0.5, 0.6) is 5.75 Å². The van der Waals surface area contributed by atoms with Gasteiger partial charge in [-0.15, -0.1) is 0 Å². The summed E-state index contributed by atoms with van der Waals surface area (Å²) in [5, 5.41) is 0. The predicted octanol–water partition coefficient (Wildman–Crippen LogP) is 4.28. The van der Waals surface area contributed by atoms with Crippen molar-refractivity contribution in [3.05, 3.63) is 42.0 Å². The molecule has 2 heteroatoms. The van der Waals surface area contributed by atoms with Gasteiger partial charge in [-0.05, 0) is 37.8 Å². The van der Waals surface area contributed by atoms with Crippen LogP contribution in [0.2, 0.25) is 0 Å². The first-order valence-electron chi connectivity index (χ1n) is 6.45. The molecular formula is C16H22O2. The van der Waals surface area contributed by atoms with Crippen LogP contribution in [0, 0.1) is 12.8 Å². The topological polar surface area (TPSA) is 26.3 Å². The highest BCUT2D eigenvalue weighted by Gasteiger charge is 2.09. The first-order valence-corrected chi connectivity index (χ1v) is 6.45. The van der Waals surface area contributed by atoms with Gasteiger partial charge in [0.25, 0.3) is 0 Å². The third kappa shape index (κ3) is 5.17. The lowest BCUT2D eigenvalue weighted by Crippen LogP contribution is -2.10. The molecule has 98 valence electrons. The monoisotopic (exact) mass is 246 g/mol. The Bertz CT molecular complexity index is 402. The van der Waals surface area contributed by atoms with E-state index in [0.717, 1.165) is 18.4 Å². The number of carbonyl (C=O) groups excluding carboxylic acids is 1. The Balaban J connectivity index is 2.40. The third-order valence-corrected chi connectivity index (χ3v) is 2.78. The number of carbonyl (C=O) groups is 1. The highest BCUT2D eigenvalue weighted by atomic mass is 16.5. The van der Waals surface area contributed by atoms with E-state index in [1.54, 1.807) is 12.1 Å². The summed E-state index contributed by atoms with van der Waals surface area (Å²) in [5.41, 5.74) is 1.70. The molecule has 1 rings (SSSR count). The first-order chi connectivity index (χ1) is 8.49. The molecular weight excluding hydrogens is 224 g/mol. The highest BCUT2D eigenvalue weighted by Crippen LogP contribution is 2.16. The van der Waals surface area contributed by atoms with Gasteiger partial charge < -0.3 is 4.74 Å². The van der Waals surface area contributed by atoms with E-state index >= 15 is 0 Å². The summed E-state index contributed by atoms with van der Waals surface area (Å²) in [7, 11) is 0. The Morgan fingerprint density at radius 1 is 1.28 bits per heavy atom. The lowest BCUT2D eigenvalue weighted by molar-refractivity contribution is -0.130. The number of hydrogen-bond acceptors (Lipinski definition) is 2. The van der Waals surface area contributed by atoms with E-state index in [-0.39, 0.29) is 5.97 Å². The van der Waals surface area contributed by atoms with Gasteiger partial charge in [0.05, 0.1) is 0 Å². The van der Waals surface area contributed by atoms with Gasteiger partial charge in [0.2, 0.25) is 0 Å². The maximum atomic E-state index is 11.8. The number of esters is 1. The normalized spacial score (nSPS) is 10.4. The van der Waals surface area contributed by atoms with E-state index in [1.807, 2.05) is 19.1 Å². The standard InChI is InChI=1S/C16H22O2/c1-12(2)6-5-7-14(4)16(17)18-15-10-8-13(3)9-11-15/h8-12H,4-7H2,1-3H3. The second-order valence-corrected chi connectivity index (χ2v) is 5.09. The molecule has 0 aromatic heterocycles. The van der Waals surface area contributed by atoms with Crippen LogP contribution in [0.1, 0.15) is 38.7 Å². The molecule has 0 saturated heterocycles. The van der Waals surface area contributed by atoms with Gasteiger partial charge in [0.15, 0.2) is 0 Å². The van der Waals surface area contributed by atoms with Crippen LogP contribution in [-0.2, 0) is 4.79 Å². The molecule has 1 aromatic carbocycles. The number of aryl methyl sites for hydroxylation is 1. The minimum Gasteiger partial charge on any atom is -0.423 e. The fourth-order valence-electron chi connectivity index (χ4n) is 1.61. The Morgan fingerprint density at radius 2 is 1.89 bits per heavy atom. The van der Waals surface area contributed by atoms with E-state index in [1.165, 1.54) is 0 Å². The molecule has 18 heavy (non-hydrogen) atoms. The summed E-state index contributed by atoms with van der Waals surface area (Å²) in [4.78, 5) is 11.8. The molecule has 0 aliphatic rings. The van der Waals surface area contributed by atoms with Crippen molar-refractivity contribution in [2.24, 2.45) is 5.92 Å². The molecule has 0 unspecified atom stereocenters. The van der Waals surface area contributed by atoms with Gasteiger partial charge in [-0.3, -0.25) is 0 Å². The zero-order chi connectivity index (χ0) is 13.5. The SMILES string of the molecule is C=C(CCCC(C)C)C(=O)Oc1ccc(C)cc1. The van der Waals surface area contributed by atoms with Gasteiger partial charge in [-0.2, -0.15) is 0 Å². The summed E-state index contributed by atoms with van der Waals surface area (Å²) < 4.78 is 5.25. The van der Waals surface area contributed by atoms with Gasteiger partial charge in [0, 0.05) is 5.57 Å². The van der Waals surface area contributed by atoms with Crippen molar-refractivity contribution in [1.29, 1.82) is 0 Å². The van der Waals surface area contributed by atoms with Crippen LogP contribution < -0.4 is 4.74 Å². The Hall–Kier alpha value is -1.57. The Morgan fingerprint density at radius 3 is 2.44 bits per heavy atom. The molecule has 0 radical (unpaired) electrons. The van der Waals surface area contributed by atoms with Crippen LogP contribution in [0.25, 0.3) is 0 Å². The lowest BCUT2D eigenvalue weighted by atomic mass is 10.0. The second-order valence-electron chi connectivity index (χ2n) is 5.09. The van der Waals surface area contributed by atoms with Crippen molar-refractivity contribution in [1.82, 2.24) is 0 Å². The van der Waals surface area contributed by atoms with Crippen molar-refractivity contribution in [3.8, 4) is 5.75 Å². The first kappa shape index (κ1) is 14.5. The van der Waals surface area contributed by atoms with Crippen molar-refractivity contribution < 1.29 is 9.53 Å². The number of rotatable bonds is 6. The largest absolute Gasteiger partial charge is 0.423 e. The van der Waals surface area contributed by atoms with Crippen molar-refractivity contribution >= 4 is 5.97 Å². The highest BCUT2D eigenvalue weighted by molar-refractivity contribution is 5.89. The smallest absolute Gasteiger partial charge is 0.338 e. The average molecular weight is 246 g/mol. The number of hydrogen-bond donors (Lipinski definition) is 0. The summed E-state index contributed by atoms with van der Waals surface area (Å²) in [6, 6.07) is 7.44. The van der Waals surface area contributed by atoms with Gasteiger partial charge in [0.1, 0.15) is 5.75 Å². The number of benzene rings is 1. The number of ether oxygens (including phenoxy) is 1. The van der Waals surface area contributed by atoms with Crippen LogP contribution in [0.3, 0.4) is 0 Å². The summed E-state index contributed by atoms with van der Waals surface area (Å²) in [6.45, 7) is 10.1. The molecule has 0 heterocycles. The van der Waals surface area contributed by atoms with Gasteiger partial charge in [-0.1, -0.05) is 44.5 Å². The van der Waals surface area contributed by atoms with Crippen molar-refractivity contribution in [3.63, 3.8) is 0 Å². The van der Waals surface area contributed by atoms with E-state index in [4.69, 9.17) is 4.74 Å². The van der Waals surface area contributed by atoms with E-state index < -0.39 is 0 Å². The van der Waals surface area contributed by atoms with E-state index in [0.29, 0.717) is 23.7 Å². The van der Waals surface area contributed by atoms with Crippen molar-refractivity contribution in [2.45, 2.75) is 40.0 Å². The molecule has 0 aliphatic carbocycles. The Labute approximate surface area is 110 Å². The van der Waals surface area contributed by atoms with Gasteiger partial charge in [-0.25, -0.2) is 4.79 Å². The van der Waals surface area contributed by atoms with Crippen LogP contribution >= 0.6 is 0 Å². The fraction of sp³-hybridized carbons (Fsp3) is 0.438. The van der Waals surface area contributed by atoms with E-state index in [9.17, 15) is 4.79 Å². The maximum Gasteiger partial charge on any atom is 0.338 e. The molecule has 0 N–H and O–H groups in total. The minimum absolute atomic E-state index is 0.317. The van der Waals surface area contributed by atoms with Gasteiger partial charge >= 0.3 is 5.97 Å². The molecule has 0 atom stereocenters. The molecule has 0 saturated carbocycles. The summed E-state index contributed by atoms with van der Waals surface area (Å²) in [5.74, 6) is 0.920. The minimum atomic E-state index is -0.317. The van der Waals surface area contributed by atoms with Crippen molar-refractivity contribution in [2.75, 3.05) is 0 Å². The molecule has 0 aliphatic heterocycles. The average Bonchev–Trinajstić information content (AvgIpc) is 2.31. The van der Waals surface area contributed by atoms with Crippen LogP contribution in [-0.4, -0.2) is 5.97 Å². The molecule has 2 nitrogen and oxygen atoms in total. The molecule has 0 spiro atoms. The Kier molecular flexibility index (Phi) is 5.63. The fourth-order valence-corrected chi connectivity index (χ4v) is 1.61. The van der Waals surface area contributed by atoms with E-state index in [2.05, 4.69) is 20.4 Å². The van der Waals surface area contributed by atoms with Crippen LogP contribution in [0.15, 0.2) is 36.4 Å². The zero-order valence-corrected chi connectivity index (χ0v) is 11.5. The molecule has 1 aromatic rings. The molecule has 0 bridgehead atoms.